The molecule has 7 nitrogen and oxygen atoms in total. The smallest absolute Gasteiger partial charge is 0.226 e. The number of anilines is 1. The average molecular weight is 582 g/mol. The molecule has 3 N–H and O–H groups in total. The van der Waals surface area contributed by atoms with E-state index in [4.69, 9.17) is 0 Å². The molecule has 1 unspecified atom stereocenters. The van der Waals surface area contributed by atoms with Crippen LogP contribution in [0, 0.1) is 17.6 Å². The minimum absolute atomic E-state index is 0.0235. The monoisotopic (exact) mass is 581 g/mol. The van der Waals surface area contributed by atoms with Crippen LogP contribution in [0.4, 0.5) is 13.9 Å². The highest BCUT2D eigenvalue weighted by Crippen LogP contribution is 2.42. The zero-order chi connectivity index (χ0) is 29.2. The van der Waals surface area contributed by atoms with Crippen molar-refractivity contribution in [1.82, 2.24) is 20.8 Å². The summed E-state index contributed by atoms with van der Waals surface area (Å²) in [7, 11) is 0. The predicted molar refractivity (Wildman–Crippen MR) is 158 cm³/mol. The Morgan fingerprint density at radius 3 is 2.51 bits per heavy atom. The third-order valence-corrected chi connectivity index (χ3v) is 8.01. The number of nitrogens with zero attached hydrogens (tertiary/aromatic N) is 2. The molecule has 4 rings (SSSR count). The van der Waals surface area contributed by atoms with Gasteiger partial charge in [-0.3, -0.25) is 9.59 Å². The first-order valence-electron chi connectivity index (χ1n) is 14.1. The third-order valence-electron chi connectivity index (χ3n) is 7.01. The zero-order valence-corrected chi connectivity index (χ0v) is 24.3. The molecule has 2 amide bonds. The van der Waals surface area contributed by atoms with Gasteiger partial charge < -0.3 is 16.0 Å². The fourth-order valence-electron chi connectivity index (χ4n) is 4.47. The number of hydrogen-bond acceptors (Lipinski definition) is 6. The van der Waals surface area contributed by atoms with Gasteiger partial charge in [-0.2, -0.15) is 0 Å². The van der Waals surface area contributed by atoms with E-state index in [1.165, 1.54) is 34.6 Å². The van der Waals surface area contributed by atoms with Crippen LogP contribution in [-0.4, -0.2) is 34.6 Å². The van der Waals surface area contributed by atoms with Crippen LogP contribution in [0.1, 0.15) is 73.6 Å². The van der Waals surface area contributed by atoms with Gasteiger partial charge in [-0.1, -0.05) is 61.6 Å². The molecular formula is C31H37F2N5O2S. The third kappa shape index (κ3) is 10.1. The van der Waals surface area contributed by atoms with Gasteiger partial charge in [0.15, 0.2) is 0 Å². The van der Waals surface area contributed by atoms with E-state index in [1.807, 2.05) is 6.92 Å². The fraction of sp³-hybridized carbons (Fsp3) is 0.419. The molecule has 41 heavy (non-hydrogen) atoms. The van der Waals surface area contributed by atoms with Gasteiger partial charge in [0.2, 0.25) is 16.9 Å². The number of hydrogen-bond donors (Lipinski definition) is 3. The number of halogens is 2. The lowest BCUT2D eigenvalue weighted by molar-refractivity contribution is -0.125. The highest BCUT2D eigenvalue weighted by molar-refractivity contribution is 7.15. The van der Waals surface area contributed by atoms with E-state index in [0.717, 1.165) is 30.3 Å². The lowest BCUT2D eigenvalue weighted by Gasteiger charge is -2.25. The maximum absolute atomic E-state index is 13.6. The Balaban J connectivity index is 1.31. The van der Waals surface area contributed by atoms with Crippen molar-refractivity contribution in [2.75, 3.05) is 11.9 Å². The Morgan fingerprint density at radius 2 is 1.78 bits per heavy atom. The maximum atomic E-state index is 13.6. The molecule has 1 heterocycles. The number of aromatic nitrogens is 2. The average Bonchev–Trinajstić information content (AvgIpc) is 3.69. The van der Waals surface area contributed by atoms with Crippen molar-refractivity contribution in [2.24, 2.45) is 5.92 Å². The second-order valence-electron chi connectivity index (χ2n) is 10.6. The second kappa shape index (κ2) is 14.9. The van der Waals surface area contributed by atoms with Crippen LogP contribution in [0.5, 0.6) is 0 Å². The summed E-state index contributed by atoms with van der Waals surface area (Å²) in [6.45, 7) is 5.50. The fourth-order valence-corrected chi connectivity index (χ4v) is 5.40. The Hall–Kier alpha value is -3.50. The van der Waals surface area contributed by atoms with E-state index in [-0.39, 0.29) is 36.6 Å². The highest BCUT2D eigenvalue weighted by Gasteiger charge is 2.28. The molecule has 2 atom stereocenters. The van der Waals surface area contributed by atoms with Crippen molar-refractivity contribution in [1.29, 1.82) is 0 Å². The summed E-state index contributed by atoms with van der Waals surface area (Å²) >= 11 is 1.38. The van der Waals surface area contributed by atoms with E-state index in [2.05, 4.69) is 57.3 Å². The molecular weight excluding hydrogens is 544 g/mol. The van der Waals surface area contributed by atoms with Crippen molar-refractivity contribution in [3.05, 3.63) is 81.9 Å². The summed E-state index contributed by atoms with van der Waals surface area (Å²) in [4.78, 5) is 25.2. The van der Waals surface area contributed by atoms with Crippen LogP contribution >= 0.6 is 11.3 Å². The first-order valence-corrected chi connectivity index (χ1v) is 14.9. The lowest BCUT2D eigenvalue weighted by Crippen LogP contribution is -2.42. The first kappa shape index (κ1) is 30.5. The molecule has 1 saturated carbocycles. The minimum Gasteiger partial charge on any atom is -0.353 e. The zero-order valence-electron chi connectivity index (χ0n) is 23.5. The van der Waals surface area contributed by atoms with Gasteiger partial charge in [-0.15, -0.1) is 10.2 Å². The number of aryl methyl sites for hydroxylation is 1. The van der Waals surface area contributed by atoms with Crippen LogP contribution in [0.25, 0.3) is 6.08 Å². The molecule has 10 heteroatoms. The van der Waals surface area contributed by atoms with Gasteiger partial charge in [-0.25, -0.2) is 8.78 Å². The van der Waals surface area contributed by atoms with E-state index in [0.29, 0.717) is 36.1 Å². The highest BCUT2D eigenvalue weighted by atomic mass is 32.1. The summed E-state index contributed by atoms with van der Waals surface area (Å²) in [5.74, 6) is -1.31. The van der Waals surface area contributed by atoms with Crippen LogP contribution < -0.4 is 16.0 Å². The number of benzene rings is 2. The molecule has 0 radical (unpaired) electrons. The minimum atomic E-state index is -0.644. The van der Waals surface area contributed by atoms with Crippen LogP contribution in [0.2, 0.25) is 0 Å². The largest absolute Gasteiger partial charge is 0.353 e. The Morgan fingerprint density at radius 1 is 1.05 bits per heavy atom. The summed E-state index contributed by atoms with van der Waals surface area (Å²) in [6, 6.07) is 11.5. The van der Waals surface area contributed by atoms with Gasteiger partial charge in [-0.05, 0) is 67.0 Å². The molecule has 1 aliphatic rings. The van der Waals surface area contributed by atoms with Crippen molar-refractivity contribution >= 4 is 34.4 Å². The molecule has 0 spiro atoms. The number of amides is 2. The predicted octanol–water partition coefficient (Wildman–Crippen LogP) is 5.99. The summed E-state index contributed by atoms with van der Waals surface area (Å²) in [5, 5.41) is 18.8. The summed E-state index contributed by atoms with van der Waals surface area (Å²) in [5.41, 5.74) is 2.88. The number of carbonyl (C=O) groups excluding carboxylic acids is 2. The van der Waals surface area contributed by atoms with E-state index in [1.54, 1.807) is 12.2 Å². The van der Waals surface area contributed by atoms with Gasteiger partial charge in [0.25, 0.3) is 0 Å². The molecule has 0 aliphatic heterocycles. The van der Waals surface area contributed by atoms with Crippen molar-refractivity contribution in [3.8, 4) is 0 Å². The number of carbonyl (C=O) groups is 2. The molecule has 0 bridgehead atoms. The quantitative estimate of drug-likeness (QED) is 0.205. The molecule has 3 aromatic rings. The SMILES string of the molecule is CCc1cccc(CNC[C@H](C)C(C/C=C/c2cc(F)cc(F)c2)NC(=O)CCC(=O)Nc2nnc(C3CC3)s2)c1. The normalized spacial score (nSPS) is 14.6. The van der Waals surface area contributed by atoms with Crippen LogP contribution in [-0.2, 0) is 22.6 Å². The van der Waals surface area contributed by atoms with Crippen LogP contribution in [0.15, 0.2) is 48.5 Å². The molecule has 1 fully saturated rings. The van der Waals surface area contributed by atoms with Crippen LogP contribution in [0.3, 0.4) is 0 Å². The van der Waals surface area contributed by atoms with E-state index >= 15 is 0 Å². The van der Waals surface area contributed by atoms with Crippen molar-refractivity contribution in [3.63, 3.8) is 0 Å². The van der Waals surface area contributed by atoms with Gasteiger partial charge >= 0.3 is 0 Å². The van der Waals surface area contributed by atoms with Gasteiger partial charge in [0.05, 0.1) is 0 Å². The van der Waals surface area contributed by atoms with E-state index < -0.39 is 11.6 Å². The number of nitrogens with one attached hydrogen (secondary N) is 3. The van der Waals surface area contributed by atoms with E-state index in [9.17, 15) is 18.4 Å². The standard InChI is InChI=1S/C31H37F2N5O2S/c1-3-21-6-4-8-23(14-21)19-34-18-20(2)27(9-5-7-22-15-25(32)17-26(33)16-22)35-28(39)12-13-29(40)36-31-38-37-30(41-31)24-10-11-24/h4-8,14-17,20,24,27,34H,3,9-13,18-19H2,1-2H3,(H,35,39)(H,36,38,40)/b7-5+/t20-,27?/m0/s1. The Labute approximate surface area is 243 Å². The van der Waals surface area contributed by atoms with Crippen molar-refractivity contribution < 1.29 is 18.4 Å². The first-order chi connectivity index (χ1) is 19.8. The Bertz CT molecular complexity index is 1340. The molecule has 1 aromatic heterocycles. The molecule has 2 aromatic carbocycles. The number of rotatable bonds is 15. The maximum Gasteiger partial charge on any atom is 0.226 e. The van der Waals surface area contributed by atoms with Gasteiger partial charge in [0.1, 0.15) is 16.6 Å². The Kier molecular flexibility index (Phi) is 11.1. The summed E-state index contributed by atoms with van der Waals surface area (Å²) < 4.78 is 27.2. The molecule has 218 valence electrons. The summed E-state index contributed by atoms with van der Waals surface area (Å²) in [6.07, 6.45) is 7.15. The molecule has 1 aliphatic carbocycles. The molecule has 0 saturated heterocycles. The van der Waals surface area contributed by atoms with Gasteiger partial charge in [0, 0.05) is 37.4 Å². The topological polar surface area (TPSA) is 96.0 Å². The second-order valence-corrected chi connectivity index (χ2v) is 11.6. The van der Waals surface area contributed by atoms with Crippen molar-refractivity contribution in [2.45, 2.75) is 70.9 Å². The lowest BCUT2D eigenvalue weighted by atomic mass is 9.97.